The van der Waals surface area contributed by atoms with Gasteiger partial charge in [0.1, 0.15) is 6.54 Å². The number of Topliss-reactive ketones (excluding diaryl/α,β-unsaturated/α-hetero) is 1. The average molecular weight is 445 g/mol. The molecule has 2 aromatic rings. The van der Waals surface area contributed by atoms with Gasteiger partial charge in [-0.1, -0.05) is 48.6 Å². The van der Waals surface area contributed by atoms with Crippen LogP contribution in [0.5, 0.6) is 0 Å². The molecule has 2 bridgehead atoms. The van der Waals surface area contributed by atoms with Gasteiger partial charge in [-0.2, -0.15) is 5.01 Å². The molecule has 2 aromatic carbocycles. The van der Waals surface area contributed by atoms with Gasteiger partial charge >= 0.3 is 0 Å². The number of non-ortho nitro benzene ring substituents is 1. The van der Waals surface area contributed by atoms with Crippen LogP contribution in [0.4, 0.5) is 5.69 Å². The molecule has 0 unspecified atom stereocenters. The maximum absolute atomic E-state index is 13.5. The van der Waals surface area contributed by atoms with E-state index in [0.29, 0.717) is 5.56 Å². The molecular weight excluding hydrogens is 426 g/mol. The van der Waals surface area contributed by atoms with Crippen LogP contribution >= 0.6 is 0 Å². The third-order valence-corrected chi connectivity index (χ3v) is 6.62. The van der Waals surface area contributed by atoms with Crippen LogP contribution in [0.1, 0.15) is 27.1 Å². The van der Waals surface area contributed by atoms with Gasteiger partial charge in [-0.3, -0.25) is 29.3 Å². The van der Waals surface area contributed by atoms with Gasteiger partial charge in [0.2, 0.25) is 0 Å². The van der Waals surface area contributed by atoms with Crippen molar-refractivity contribution < 1.29 is 24.1 Å². The zero-order valence-corrected chi connectivity index (χ0v) is 17.4. The van der Waals surface area contributed by atoms with Gasteiger partial charge < -0.3 is 0 Å². The van der Waals surface area contributed by atoms with Crippen molar-refractivity contribution in [2.75, 3.05) is 6.54 Å². The Hall–Kier alpha value is -4.14. The fourth-order valence-corrected chi connectivity index (χ4v) is 5.11. The van der Waals surface area contributed by atoms with Gasteiger partial charge in [0.25, 0.3) is 23.4 Å². The maximum atomic E-state index is 13.5. The van der Waals surface area contributed by atoms with E-state index in [1.165, 1.54) is 18.2 Å². The van der Waals surface area contributed by atoms with Crippen LogP contribution in [0.25, 0.3) is 0 Å². The normalized spacial score (nSPS) is 24.8. The Balaban J connectivity index is 1.52. The van der Waals surface area contributed by atoms with E-state index in [1.54, 1.807) is 30.3 Å². The molecule has 3 amide bonds. The van der Waals surface area contributed by atoms with E-state index in [1.807, 2.05) is 12.2 Å². The molecule has 0 N–H and O–H groups in total. The van der Waals surface area contributed by atoms with E-state index < -0.39 is 46.8 Å². The van der Waals surface area contributed by atoms with Crippen LogP contribution in [0, 0.1) is 33.8 Å². The molecular formula is C24H19N3O6. The lowest BCUT2D eigenvalue weighted by Crippen LogP contribution is -2.52. The lowest BCUT2D eigenvalue weighted by molar-refractivity contribution is -0.384. The first-order chi connectivity index (χ1) is 15.9. The van der Waals surface area contributed by atoms with Crippen molar-refractivity contribution in [2.45, 2.75) is 6.42 Å². The second-order valence-corrected chi connectivity index (χ2v) is 8.45. The van der Waals surface area contributed by atoms with Crippen LogP contribution in [0.15, 0.2) is 66.7 Å². The number of hydrazine groups is 1. The first-order valence-electron chi connectivity index (χ1n) is 10.6. The number of carbonyl (C=O) groups excluding carboxylic acids is 4. The van der Waals surface area contributed by atoms with E-state index >= 15 is 0 Å². The Morgan fingerprint density at radius 1 is 0.939 bits per heavy atom. The third kappa shape index (κ3) is 3.32. The first-order valence-corrected chi connectivity index (χ1v) is 10.6. The van der Waals surface area contributed by atoms with Gasteiger partial charge in [0.15, 0.2) is 5.78 Å². The molecule has 9 nitrogen and oxygen atoms in total. The smallest absolute Gasteiger partial charge is 0.273 e. The molecule has 4 atom stereocenters. The summed E-state index contributed by atoms with van der Waals surface area (Å²) < 4.78 is 0. The highest BCUT2D eigenvalue weighted by molar-refractivity contribution is 6.10. The minimum absolute atomic E-state index is 0.0685. The molecule has 0 aromatic heterocycles. The van der Waals surface area contributed by atoms with Crippen LogP contribution in [-0.4, -0.2) is 45.0 Å². The molecule has 1 aliphatic heterocycles. The predicted octanol–water partition coefficient (Wildman–Crippen LogP) is 2.64. The second-order valence-electron chi connectivity index (χ2n) is 8.45. The van der Waals surface area contributed by atoms with Crippen molar-refractivity contribution >= 4 is 29.2 Å². The van der Waals surface area contributed by atoms with Crippen LogP contribution in [0.3, 0.4) is 0 Å². The number of nitro benzene ring substituents is 1. The molecule has 9 heteroatoms. The number of allylic oxidation sites excluding steroid dienone is 2. The van der Waals surface area contributed by atoms with Crippen molar-refractivity contribution in [1.82, 2.24) is 10.0 Å². The molecule has 1 saturated heterocycles. The number of carbonyl (C=O) groups is 4. The molecule has 3 aliphatic rings. The quantitative estimate of drug-likeness (QED) is 0.222. The summed E-state index contributed by atoms with van der Waals surface area (Å²) in [5.74, 6) is -3.57. The van der Waals surface area contributed by atoms with Crippen molar-refractivity contribution in [3.63, 3.8) is 0 Å². The summed E-state index contributed by atoms with van der Waals surface area (Å²) in [6.45, 7) is -0.550. The maximum Gasteiger partial charge on any atom is 0.273 e. The third-order valence-electron chi connectivity index (χ3n) is 6.62. The van der Waals surface area contributed by atoms with Gasteiger partial charge in [0, 0.05) is 23.3 Å². The number of ketones is 1. The van der Waals surface area contributed by atoms with Crippen molar-refractivity contribution in [3.05, 3.63) is 88.0 Å². The van der Waals surface area contributed by atoms with E-state index in [4.69, 9.17) is 0 Å². The summed E-state index contributed by atoms with van der Waals surface area (Å²) in [5.41, 5.74) is -0.0902. The van der Waals surface area contributed by atoms with Gasteiger partial charge in [0.05, 0.1) is 16.8 Å². The largest absolute Gasteiger partial charge is 0.292 e. The number of benzene rings is 2. The number of hydrogen-bond acceptors (Lipinski definition) is 6. The molecule has 0 spiro atoms. The number of rotatable bonds is 6. The Labute approximate surface area is 188 Å². The molecule has 0 radical (unpaired) electrons. The second kappa shape index (κ2) is 7.77. The Morgan fingerprint density at radius 2 is 1.55 bits per heavy atom. The van der Waals surface area contributed by atoms with Gasteiger partial charge in [-0.25, -0.2) is 5.01 Å². The van der Waals surface area contributed by atoms with E-state index in [-0.39, 0.29) is 23.1 Å². The SMILES string of the molecule is O=C(CN(C(=O)c1cccc([N+](=O)[O-])c1)N1C(=O)[C@H]2[C@H](C1=O)[C@H]1C=C[C@H]2C1)c1ccccc1. The fraction of sp³-hybridized carbons (Fsp3) is 0.250. The molecule has 1 heterocycles. The molecule has 33 heavy (non-hydrogen) atoms. The fourth-order valence-electron chi connectivity index (χ4n) is 5.11. The van der Waals surface area contributed by atoms with Crippen molar-refractivity contribution in [3.8, 4) is 0 Å². The highest BCUT2D eigenvalue weighted by atomic mass is 16.6. The van der Waals surface area contributed by atoms with Gasteiger partial charge in [-0.05, 0) is 24.3 Å². The summed E-state index contributed by atoms with van der Waals surface area (Å²) >= 11 is 0. The zero-order valence-electron chi connectivity index (χ0n) is 17.4. The average Bonchev–Trinajstić information content (AvgIpc) is 3.51. The van der Waals surface area contributed by atoms with Crippen LogP contribution < -0.4 is 0 Å². The topological polar surface area (TPSA) is 118 Å². The summed E-state index contributed by atoms with van der Waals surface area (Å²) in [7, 11) is 0. The Kier molecular flexibility index (Phi) is 4.88. The van der Waals surface area contributed by atoms with Crippen LogP contribution in [0.2, 0.25) is 0 Å². The Morgan fingerprint density at radius 3 is 2.15 bits per heavy atom. The summed E-state index contributed by atoms with van der Waals surface area (Å²) in [6.07, 6.45) is 4.59. The zero-order chi connectivity index (χ0) is 23.3. The van der Waals surface area contributed by atoms with E-state index in [2.05, 4.69) is 0 Å². The summed E-state index contributed by atoms with van der Waals surface area (Å²) in [5, 5.41) is 12.8. The predicted molar refractivity (Wildman–Crippen MR) is 114 cm³/mol. The summed E-state index contributed by atoms with van der Waals surface area (Å²) in [6, 6.07) is 13.2. The molecule has 2 aliphatic carbocycles. The minimum atomic E-state index is -0.829. The van der Waals surface area contributed by atoms with Crippen molar-refractivity contribution in [1.29, 1.82) is 0 Å². The highest BCUT2D eigenvalue weighted by Gasteiger charge is 2.61. The number of amides is 3. The lowest BCUT2D eigenvalue weighted by atomic mass is 9.85. The van der Waals surface area contributed by atoms with Gasteiger partial charge in [-0.15, -0.1) is 0 Å². The molecule has 5 rings (SSSR count). The highest BCUT2D eigenvalue weighted by Crippen LogP contribution is 2.52. The van der Waals surface area contributed by atoms with Crippen molar-refractivity contribution in [2.24, 2.45) is 23.7 Å². The number of fused-ring (bicyclic) bond motifs is 5. The number of imide groups is 1. The molecule has 2 fully saturated rings. The standard InChI is InChI=1S/C24H19N3O6/c28-19(14-5-2-1-3-6-14)13-25(22(29)17-7-4-8-18(12-17)27(32)33)26-23(30)20-15-9-10-16(11-15)21(20)24(26)31/h1-10,12,15-16,20-21H,11,13H2/t15-,16-,20+,21+/m0/s1. The first kappa shape index (κ1) is 20.7. The lowest BCUT2D eigenvalue weighted by Gasteiger charge is -2.30. The minimum Gasteiger partial charge on any atom is -0.292 e. The molecule has 166 valence electrons. The molecule has 1 saturated carbocycles. The van der Waals surface area contributed by atoms with E-state index in [9.17, 15) is 29.3 Å². The number of hydrogen-bond donors (Lipinski definition) is 0. The monoisotopic (exact) mass is 445 g/mol. The summed E-state index contributed by atoms with van der Waals surface area (Å²) in [4.78, 5) is 63.6. The Bertz CT molecular complexity index is 1190. The number of nitrogens with zero attached hydrogens (tertiary/aromatic N) is 3. The number of nitro groups is 1. The van der Waals surface area contributed by atoms with Crippen LogP contribution in [-0.2, 0) is 9.59 Å². The van der Waals surface area contributed by atoms with E-state index in [0.717, 1.165) is 22.5 Å².